The standard InChI is InChI=1S/C9H15NO3/c1-2-12-9(11)6-3-5-4-13-8(6)7(5)10/h5-8H,2-4,10H2,1H3/t5?,6-,7?,8?/m0/s1. The quantitative estimate of drug-likeness (QED) is 0.611. The van der Waals surface area contributed by atoms with E-state index in [4.69, 9.17) is 15.2 Å². The van der Waals surface area contributed by atoms with Gasteiger partial charge in [-0.15, -0.1) is 0 Å². The lowest BCUT2D eigenvalue weighted by Crippen LogP contribution is -2.35. The lowest BCUT2D eigenvalue weighted by molar-refractivity contribution is -0.153. The minimum Gasteiger partial charge on any atom is -0.466 e. The van der Waals surface area contributed by atoms with E-state index in [0.717, 1.165) is 6.42 Å². The molecule has 0 amide bonds. The largest absolute Gasteiger partial charge is 0.466 e. The van der Waals surface area contributed by atoms with Crippen molar-refractivity contribution >= 4 is 5.97 Å². The van der Waals surface area contributed by atoms with Gasteiger partial charge in [-0.2, -0.15) is 0 Å². The van der Waals surface area contributed by atoms with Crippen molar-refractivity contribution in [1.29, 1.82) is 0 Å². The zero-order chi connectivity index (χ0) is 9.42. The van der Waals surface area contributed by atoms with E-state index in [1.807, 2.05) is 6.92 Å². The number of rotatable bonds is 2. The second kappa shape index (κ2) is 3.27. The smallest absolute Gasteiger partial charge is 0.311 e. The third-order valence-electron chi connectivity index (χ3n) is 2.97. The summed E-state index contributed by atoms with van der Waals surface area (Å²) in [5.74, 6) is 0.0956. The number of fused-ring (bicyclic) bond motifs is 2. The molecule has 1 saturated carbocycles. The highest BCUT2D eigenvalue weighted by atomic mass is 16.5. The van der Waals surface area contributed by atoms with Crippen molar-refractivity contribution in [2.75, 3.05) is 13.2 Å². The van der Waals surface area contributed by atoms with E-state index in [0.29, 0.717) is 19.1 Å². The maximum atomic E-state index is 11.4. The van der Waals surface area contributed by atoms with E-state index in [1.165, 1.54) is 0 Å². The molecule has 1 saturated heterocycles. The second-order valence-electron chi connectivity index (χ2n) is 3.73. The van der Waals surface area contributed by atoms with E-state index in [1.54, 1.807) is 0 Å². The number of carbonyl (C=O) groups is 1. The highest BCUT2D eigenvalue weighted by Crippen LogP contribution is 2.39. The van der Waals surface area contributed by atoms with Crippen LogP contribution in [0.25, 0.3) is 0 Å². The van der Waals surface area contributed by atoms with Gasteiger partial charge in [-0.05, 0) is 13.3 Å². The fourth-order valence-corrected chi connectivity index (χ4v) is 2.27. The normalized spacial score (nSPS) is 42.3. The van der Waals surface area contributed by atoms with Gasteiger partial charge in [0.05, 0.1) is 25.2 Å². The number of ether oxygens (including phenoxy) is 2. The summed E-state index contributed by atoms with van der Waals surface area (Å²) in [6, 6.07) is 0.0365. The molecule has 2 rings (SSSR count). The molecule has 74 valence electrons. The minimum absolute atomic E-state index is 0.0365. The van der Waals surface area contributed by atoms with Gasteiger partial charge in [0, 0.05) is 12.0 Å². The van der Waals surface area contributed by atoms with Crippen molar-refractivity contribution in [3.63, 3.8) is 0 Å². The molecule has 0 aromatic rings. The lowest BCUT2D eigenvalue weighted by atomic mass is 10.0. The lowest BCUT2D eigenvalue weighted by Gasteiger charge is -2.19. The van der Waals surface area contributed by atoms with Crippen molar-refractivity contribution in [1.82, 2.24) is 0 Å². The monoisotopic (exact) mass is 185 g/mol. The fourth-order valence-electron chi connectivity index (χ4n) is 2.27. The second-order valence-corrected chi connectivity index (χ2v) is 3.73. The summed E-state index contributed by atoms with van der Waals surface area (Å²) < 4.78 is 10.4. The number of nitrogens with two attached hydrogens (primary N) is 1. The van der Waals surface area contributed by atoms with E-state index in [9.17, 15) is 4.79 Å². The third-order valence-corrected chi connectivity index (χ3v) is 2.97. The number of hydrogen-bond acceptors (Lipinski definition) is 4. The van der Waals surface area contributed by atoms with Crippen molar-refractivity contribution in [2.45, 2.75) is 25.5 Å². The van der Waals surface area contributed by atoms with Gasteiger partial charge in [0.25, 0.3) is 0 Å². The maximum Gasteiger partial charge on any atom is 0.311 e. The van der Waals surface area contributed by atoms with Crippen molar-refractivity contribution in [3.05, 3.63) is 0 Å². The average molecular weight is 185 g/mol. The average Bonchev–Trinajstić information content (AvgIpc) is 2.62. The summed E-state index contributed by atoms with van der Waals surface area (Å²) >= 11 is 0. The van der Waals surface area contributed by atoms with Crippen LogP contribution in [0.4, 0.5) is 0 Å². The van der Waals surface area contributed by atoms with Crippen LogP contribution in [0.1, 0.15) is 13.3 Å². The molecule has 1 heterocycles. The van der Waals surface area contributed by atoms with Crippen LogP contribution in [0.3, 0.4) is 0 Å². The van der Waals surface area contributed by atoms with Crippen LogP contribution in [0.2, 0.25) is 0 Å². The van der Waals surface area contributed by atoms with E-state index in [2.05, 4.69) is 0 Å². The van der Waals surface area contributed by atoms with Gasteiger partial charge in [0.1, 0.15) is 0 Å². The number of hydrogen-bond donors (Lipinski definition) is 1. The van der Waals surface area contributed by atoms with Gasteiger partial charge in [0.2, 0.25) is 0 Å². The molecular weight excluding hydrogens is 170 g/mol. The predicted octanol–water partition coefficient (Wildman–Crippen LogP) is -0.0883. The summed E-state index contributed by atoms with van der Waals surface area (Å²) in [4.78, 5) is 11.4. The first-order chi connectivity index (χ1) is 6.24. The Kier molecular flexibility index (Phi) is 2.26. The minimum atomic E-state index is -0.148. The van der Waals surface area contributed by atoms with Crippen LogP contribution in [0.5, 0.6) is 0 Å². The first-order valence-electron chi connectivity index (χ1n) is 4.78. The molecule has 1 aliphatic carbocycles. The Balaban J connectivity index is 2.00. The topological polar surface area (TPSA) is 61.5 Å². The molecule has 0 radical (unpaired) electrons. The third kappa shape index (κ3) is 1.34. The molecule has 2 bridgehead atoms. The van der Waals surface area contributed by atoms with Gasteiger partial charge in [0.15, 0.2) is 0 Å². The molecule has 4 atom stereocenters. The van der Waals surface area contributed by atoms with Gasteiger partial charge < -0.3 is 15.2 Å². The summed E-state index contributed by atoms with van der Waals surface area (Å²) in [5, 5.41) is 0. The SMILES string of the molecule is CCOC(=O)[C@H]1CC2COC1C2N. The van der Waals surface area contributed by atoms with Gasteiger partial charge in [-0.25, -0.2) is 0 Å². The van der Waals surface area contributed by atoms with Crippen molar-refractivity contribution < 1.29 is 14.3 Å². The van der Waals surface area contributed by atoms with Gasteiger partial charge >= 0.3 is 5.97 Å². The fraction of sp³-hybridized carbons (Fsp3) is 0.889. The molecular formula is C9H15NO3. The molecule has 2 aliphatic rings. The zero-order valence-electron chi connectivity index (χ0n) is 7.73. The first-order valence-corrected chi connectivity index (χ1v) is 4.78. The van der Waals surface area contributed by atoms with Crippen LogP contribution in [0.15, 0.2) is 0 Å². The zero-order valence-corrected chi connectivity index (χ0v) is 7.73. The first kappa shape index (κ1) is 8.97. The molecule has 2 fully saturated rings. The summed E-state index contributed by atoms with van der Waals surface area (Å²) in [6.07, 6.45) is 0.744. The molecule has 0 aromatic carbocycles. The Morgan fingerprint density at radius 3 is 2.92 bits per heavy atom. The molecule has 13 heavy (non-hydrogen) atoms. The van der Waals surface area contributed by atoms with Crippen LogP contribution in [0, 0.1) is 11.8 Å². The van der Waals surface area contributed by atoms with Gasteiger partial charge in [-0.3, -0.25) is 4.79 Å². The van der Waals surface area contributed by atoms with E-state index >= 15 is 0 Å². The Labute approximate surface area is 77.4 Å². The van der Waals surface area contributed by atoms with Crippen LogP contribution in [-0.2, 0) is 14.3 Å². The van der Waals surface area contributed by atoms with Crippen molar-refractivity contribution in [3.8, 4) is 0 Å². The van der Waals surface area contributed by atoms with Gasteiger partial charge in [-0.1, -0.05) is 0 Å². The molecule has 2 N–H and O–H groups in total. The van der Waals surface area contributed by atoms with E-state index in [-0.39, 0.29) is 24.0 Å². The highest BCUT2D eigenvalue weighted by Gasteiger charge is 2.51. The molecule has 0 spiro atoms. The van der Waals surface area contributed by atoms with Crippen molar-refractivity contribution in [2.24, 2.45) is 17.6 Å². The summed E-state index contributed by atoms with van der Waals surface area (Å²) in [5.41, 5.74) is 5.88. The molecule has 4 heteroatoms. The van der Waals surface area contributed by atoms with Crippen LogP contribution in [-0.4, -0.2) is 31.3 Å². The Morgan fingerprint density at radius 1 is 1.69 bits per heavy atom. The summed E-state index contributed by atoms with van der Waals surface area (Å²) in [7, 11) is 0. The predicted molar refractivity (Wildman–Crippen MR) is 45.9 cm³/mol. The highest BCUT2D eigenvalue weighted by molar-refractivity contribution is 5.74. The number of carbonyl (C=O) groups excluding carboxylic acids is 1. The van der Waals surface area contributed by atoms with Crippen LogP contribution < -0.4 is 5.73 Å². The van der Waals surface area contributed by atoms with Crippen LogP contribution >= 0.6 is 0 Å². The maximum absolute atomic E-state index is 11.4. The Hall–Kier alpha value is -0.610. The Bertz CT molecular complexity index is 219. The molecule has 1 aliphatic heterocycles. The molecule has 0 aromatic heterocycles. The number of esters is 1. The summed E-state index contributed by atoms with van der Waals surface area (Å²) in [6.45, 7) is 2.95. The molecule has 3 unspecified atom stereocenters. The Morgan fingerprint density at radius 2 is 2.46 bits per heavy atom. The van der Waals surface area contributed by atoms with E-state index < -0.39 is 0 Å². The molecule has 4 nitrogen and oxygen atoms in total.